The number of nitrogens with zero attached hydrogens (tertiary/aromatic N) is 4. The minimum atomic E-state index is -0.596. The van der Waals surface area contributed by atoms with Crippen molar-refractivity contribution in [3.05, 3.63) is 58.5 Å². The molecule has 0 aliphatic carbocycles. The van der Waals surface area contributed by atoms with Crippen LogP contribution in [-0.2, 0) is 9.59 Å². The minimum Gasteiger partial charge on any atom is -0.322 e. The topological polar surface area (TPSA) is 123 Å². The highest BCUT2D eigenvalue weighted by Crippen LogP contribution is 2.32. The molecule has 5 rings (SSSR count). The number of benzene rings is 1. The lowest BCUT2D eigenvalue weighted by molar-refractivity contribution is -0.125. The van der Waals surface area contributed by atoms with E-state index in [0.29, 0.717) is 34.4 Å². The van der Waals surface area contributed by atoms with E-state index in [2.05, 4.69) is 26.0 Å². The van der Waals surface area contributed by atoms with Crippen LogP contribution in [0, 0.1) is 6.92 Å². The number of fused-ring (bicyclic) bond motifs is 1. The van der Waals surface area contributed by atoms with Crippen molar-refractivity contribution in [1.29, 1.82) is 0 Å². The van der Waals surface area contributed by atoms with Gasteiger partial charge in [-0.25, -0.2) is 9.67 Å². The lowest BCUT2D eigenvalue weighted by Crippen LogP contribution is -2.52. The van der Waals surface area contributed by atoms with Gasteiger partial charge >= 0.3 is 0 Å². The maximum atomic E-state index is 13.1. The first-order valence-electron chi connectivity index (χ1n) is 11.1. The molecular weight excluding hydrogens is 454 g/mol. The van der Waals surface area contributed by atoms with Gasteiger partial charge in [-0.2, -0.15) is 5.10 Å². The zero-order valence-electron chi connectivity index (χ0n) is 18.8. The molecule has 176 valence electrons. The number of nitrogens with one attached hydrogen (secondary N) is 3. The van der Waals surface area contributed by atoms with Crippen LogP contribution in [0.1, 0.15) is 37.7 Å². The average Bonchev–Trinajstić information content (AvgIpc) is 3.41. The molecule has 1 aromatic carbocycles. The Balaban J connectivity index is 1.41. The van der Waals surface area contributed by atoms with Gasteiger partial charge in [-0.05, 0) is 13.8 Å². The Morgan fingerprint density at radius 3 is 2.82 bits per heavy atom. The van der Waals surface area contributed by atoms with E-state index in [-0.39, 0.29) is 35.9 Å². The zero-order chi connectivity index (χ0) is 23.8. The van der Waals surface area contributed by atoms with Crippen molar-refractivity contribution in [2.45, 2.75) is 50.2 Å². The number of hydrogen-bond donors (Lipinski definition) is 3. The third-order valence-corrected chi connectivity index (χ3v) is 6.98. The molecule has 2 aromatic heterocycles. The summed E-state index contributed by atoms with van der Waals surface area (Å²) in [5, 5.41) is 14.4. The molecule has 0 bridgehead atoms. The van der Waals surface area contributed by atoms with Crippen LogP contribution in [0.3, 0.4) is 0 Å². The van der Waals surface area contributed by atoms with Gasteiger partial charge in [-0.15, -0.1) is 0 Å². The van der Waals surface area contributed by atoms with Gasteiger partial charge < -0.3 is 10.6 Å². The smallest absolute Gasteiger partial charge is 0.257 e. The normalized spacial score (nSPS) is 21.7. The lowest BCUT2D eigenvalue weighted by atomic mass is 10.1. The summed E-state index contributed by atoms with van der Waals surface area (Å²) in [6, 6.07) is 11.1. The van der Waals surface area contributed by atoms with Crippen molar-refractivity contribution in [2.24, 2.45) is 0 Å². The van der Waals surface area contributed by atoms with E-state index < -0.39 is 6.29 Å². The van der Waals surface area contributed by atoms with Gasteiger partial charge in [0.1, 0.15) is 5.82 Å². The summed E-state index contributed by atoms with van der Waals surface area (Å²) in [5.41, 5.74) is 1.99. The molecular formula is C23H25N7O3S. The van der Waals surface area contributed by atoms with Crippen LogP contribution in [0.4, 0.5) is 5.82 Å². The summed E-state index contributed by atoms with van der Waals surface area (Å²) < 4.78 is 3.19. The van der Waals surface area contributed by atoms with Gasteiger partial charge in [-0.3, -0.25) is 24.3 Å². The van der Waals surface area contributed by atoms with Crippen LogP contribution in [0.2, 0.25) is 0 Å². The maximum absolute atomic E-state index is 13.1. The van der Waals surface area contributed by atoms with E-state index in [1.54, 1.807) is 28.4 Å². The fraction of sp³-hybridized carbons (Fsp3) is 0.348. The molecule has 2 aliphatic heterocycles. The number of carbonyl (C=O) groups excluding carboxylic acids is 2. The predicted octanol–water partition coefficient (Wildman–Crippen LogP) is 2.04. The molecule has 10 nitrogen and oxygen atoms in total. The Kier molecular flexibility index (Phi) is 5.96. The monoisotopic (exact) mass is 479 g/mol. The standard InChI is InChI=1S/C23H25N7O3S/c1-13-11-24-23-29(21(13)33)16(12-34-23)9-20(32)26-18-10-17(15-6-4-3-5-7-15)28-30(18)22-25-14(2)8-19(31)27-22/h3-7,10-11,14,16,22,25H,8-9,12H2,1-2H3,(H,26,32)(H,27,31). The SMILES string of the molecule is Cc1cnc2n(c1=O)C(CC(=O)Nc1cc(-c3ccccc3)nn1C1NC(=O)CC(C)N1)CS2. The van der Waals surface area contributed by atoms with Gasteiger partial charge in [0, 0.05) is 48.0 Å². The number of thioether (sulfide) groups is 1. The highest BCUT2D eigenvalue weighted by atomic mass is 32.2. The molecule has 0 spiro atoms. The van der Waals surface area contributed by atoms with Crippen LogP contribution >= 0.6 is 11.8 Å². The molecule has 11 heteroatoms. The van der Waals surface area contributed by atoms with Crippen LogP contribution in [0.5, 0.6) is 0 Å². The fourth-order valence-electron chi connectivity index (χ4n) is 4.20. The fourth-order valence-corrected chi connectivity index (χ4v) is 5.31. The first-order chi connectivity index (χ1) is 16.4. The zero-order valence-corrected chi connectivity index (χ0v) is 19.6. The summed E-state index contributed by atoms with van der Waals surface area (Å²) in [6.45, 7) is 3.65. The molecule has 4 heterocycles. The van der Waals surface area contributed by atoms with Crippen LogP contribution in [0.15, 0.2) is 52.5 Å². The van der Waals surface area contributed by atoms with Crippen LogP contribution < -0.4 is 21.5 Å². The molecule has 3 unspecified atom stereocenters. The molecule has 3 aromatic rings. The maximum Gasteiger partial charge on any atom is 0.257 e. The summed E-state index contributed by atoms with van der Waals surface area (Å²) in [4.78, 5) is 42.2. The van der Waals surface area contributed by atoms with Crippen molar-refractivity contribution >= 4 is 29.4 Å². The highest BCUT2D eigenvalue weighted by molar-refractivity contribution is 7.99. The van der Waals surface area contributed by atoms with E-state index in [1.165, 1.54) is 11.8 Å². The summed E-state index contributed by atoms with van der Waals surface area (Å²) in [6.07, 6.45) is 1.46. The van der Waals surface area contributed by atoms with E-state index >= 15 is 0 Å². The Labute approximate surface area is 200 Å². The van der Waals surface area contributed by atoms with E-state index in [9.17, 15) is 14.4 Å². The lowest BCUT2D eigenvalue weighted by Gasteiger charge is -2.30. The third-order valence-electron chi connectivity index (χ3n) is 5.87. The van der Waals surface area contributed by atoms with Crippen LogP contribution in [0.25, 0.3) is 11.3 Å². The Hall–Kier alpha value is -3.44. The van der Waals surface area contributed by atoms with Crippen LogP contribution in [-0.4, -0.2) is 42.9 Å². The number of aromatic nitrogens is 4. The number of carbonyl (C=O) groups is 2. The second-order valence-corrected chi connectivity index (χ2v) is 9.57. The van der Waals surface area contributed by atoms with Crippen molar-refractivity contribution in [3.63, 3.8) is 0 Å². The summed E-state index contributed by atoms with van der Waals surface area (Å²) >= 11 is 1.47. The molecule has 0 saturated carbocycles. The highest BCUT2D eigenvalue weighted by Gasteiger charge is 2.30. The molecule has 1 saturated heterocycles. The van der Waals surface area contributed by atoms with Crippen molar-refractivity contribution in [3.8, 4) is 11.3 Å². The Morgan fingerprint density at radius 1 is 1.26 bits per heavy atom. The van der Waals surface area contributed by atoms with Gasteiger partial charge in [0.25, 0.3) is 5.56 Å². The predicted molar refractivity (Wildman–Crippen MR) is 128 cm³/mol. The van der Waals surface area contributed by atoms with Crippen molar-refractivity contribution in [2.75, 3.05) is 11.1 Å². The molecule has 34 heavy (non-hydrogen) atoms. The summed E-state index contributed by atoms with van der Waals surface area (Å²) in [5.74, 6) is 0.719. The van der Waals surface area contributed by atoms with E-state index in [1.807, 2.05) is 37.3 Å². The first-order valence-corrected chi connectivity index (χ1v) is 12.1. The largest absolute Gasteiger partial charge is 0.322 e. The molecule has 3 N–H and O–H groups in total. The van der Waals surface area contributed by atoms with Gasteiger partial charge in [0.15, 0.2) is 11.4 Å². The van der Waals surface area contributed by atoms with E-state index in [4.69, 9.17) is 0 Å². The number of rotatable bonds is 5. The van der Waals surface area contributed by atoms with Gasteiger partial charge in [0.05, 0.1) is 11.7 Å². The first kappa shape index (κ1) is 22.4. The Bertz CT molecular complexity index is 1300. The van der Waals surface area contributed by atoms with Crippen molar-refractivity contribution < 1.29 is 9.59 Å². The average molecular weight is 480 g/mol. The molecule has 2 amide bonds. The number of amides is 2. The van der Waals surface area contributed by atoms with Gasteiger partial charge in [0.2, 0.25) is 11.8 Å². The number of hydrogen-bond acceptors (Lipinski definition) is 7. The Morgan fingerprint density at radius 2 is 2.06 bits per heavy atom. The minimum absolute atomic E-state index is 0.0405. The van der Waals surface area contributed by atoms with E-state index in [0.717, 1.165) is 5.56 Å². The number of anilines is 1. The molecule has 2 aliphatic rings. The molecule has 3 atom stereocenters. The second kappa shape index (κ2) is 9.07. The van der Waals surface area contributed by atoms with Crippen molar-refractivity contribution in [1.82, 2.24) is 30.0 Å². The van der Waals surface area contributed by atoms with Gasteiger partial charge in [-0.1, -0.05) is 42.1 Å². The molecule has 0 radical (unpaired) electrons. The molecule has 1 fully saturated rings. The summed E-state index contributed by atoms with van der Waals surface area (Å²) in [7, 11) is 0. The third kappa shape index (κ3) is 4.36. The number of aryl methyl sites for hydroxylation is 1. The second-order valence-electron chi connectivity index (χ2n) is 8.58. The quantitative estimate of drug-likeness (QED) is 0.479.